The number of amides is 1. The number of ether oxygens (including phenoxy) is 1. The number of carboxylic acid groups (broad SMARTS) is 1. The molecule has 1 fully saturated rings. The van der Waals surface area contributed by atoms with Crippen molar-refractivity contribution < 1.29 is 24.5 Å². The second kappa shape index (κ2) is 4.32. The number of hydrogen-bond acceptors (Lipinski definition) is 4. The highest BCUT2D eigenvalue weighted by atomic mass is 16.6. The number of nitrogens with zero attached hydrogens (tertiary/aromatic N) is 1. The predicted octanol–water partition coefficient (Wildman–Crippen LogP) is 0.798. The van der Waals surface area contributed by atoms with Crippen molar-refractivity contribution in [3.05, 3.63) is 29.8 Å². The molecule has 1 amide bonds. The third-order valence-corrected chi connectivity index (χ3v) is 2.47. The van der Waals surface area contributed by atoms with Gasteiger partial charge >= 0.3 is 12.1 Å². The minimum atomic E-state index is -1.15. The van der Waals surface area contributed by atoms with Crippen LogP contribution in [0, 0.1) is 0 Å². The maximum atomic E-state index is 11.4. The van der Waals surface area contributed by atoms with Gasteiger partial charge in [-0.05, 0) is 17.7 Å². The van der Waals surface area contributed by atoms with Gasteiger partial charge in [-0.2, -0.15) is 0 Å². The molecule has 0 bridgehead atoms. The van der Waals surface area contributed by atoms with Crippen LogP contribution in [0.5, 0.6) is 5.75 Å². The summed E-state index contributed by atoms with van der Waals surface area (Å²) in [5, 5.41) is 17.8. The van der Waals surface area contributed by atoms with Gasteiger partial charge in [0.2, 0.25) is 6.10 Å². The summed E-state index contributed by atoms with van der Waals surface area (Å²) in [5.41, 5.74) is 0.797. The molecule has 17 heavy (non-hydrogen) atoms. The molecule has 2 rings (SSSR count). The molecule has 0 saturated carbocycles. The number of aromatic hydroxyl groups is 1. The fourth-order valence-corrected chi connectivity index (χ4v) is 1.59. The molecule has 90 valence electrons. The second-order valence-corrected chi connectivity index (χ2v) is 3.76. The van der Waals surface area contributed by atoms with Crippen molar-refractivity contribution in [2.75, 3.05) is 6.54 Å². The Morgan fingerprint density at radius 2 is 2.06 bits per heavy atom. The summed E-state index contributed by atoms with van der Waals surface area (Å²) in [4.78, 5) is 23.3. The molecular formula is C11H11NO5. The Bertz CT molecular complexity index is 442. The van der Waals surface area contributed by atoms with E-state index in [4.69, 9.17) is 10.2 Å². The first-order valence-corrected chi connectivity index (χ1v) is 5.02. The number of phenolic OH excluding ortho intramolecular Hbond substituents is 1. The lowest BCUT2D eigenvalue weighted by atomic mass is 10.2. The summed E-state index contributed by atoms with van der Waals surface area (Å²) < 4.78 is 4.67. The summed E-state index contributed by atoms with van der Waals surface area (Å²) in [6, 6.07) is 6.34. The number of phenols is 1. The van der Waals surface area contributed by atoms with E-state index >= 15 is 0 Å². The van der Waals surface area contributed by atoms with Crippen LogP contribution in [-0.4, -0.2) is 39.8 Å². The number of carboxylic acids is 1. The van der Waals surface area contributed by atoms with E-state index in [0.29, 0.717) is 0 Å². The SMILES string of the molecule is O=C(O)[C@H]1CN(Cc2ccc(O)cc2)C(=O)O1. The zero-order chi connectivity index (χ0) is 12.4. The third-order valence-electron chi connectivity index (χ3n) is 2.47. The standard InChI is InChI=1S/C11H11NO5/c13-8-3-1-7(2-4-8)5-12-6-9(10(14)15)17-11(12)16/h1-4,9,13H,5-6H2,(H,14,15)/t9-/m1/s1. The maximum absolute atomic E-state index is 11.4. The summed E-state index contributed by atoms with van der Waals surface area (Å²) in [5.74, 6) is -1.01. The Balaban J connectivity index is 2.02. The number of benzene rings is 1. The monoisotopic (exact) mass is 237 g/mol. The fraction of sp³-hybridized carbons (Fsp3) is 0.273. The van der Waals surface area contributed by atoms with Crippen LogP contribution < -0.4 is 0 Å². The molecule has 0 aromatic heterocycles. The number of hydrogen-bond donors (Lipinski definition) is 2. The molecule has 1 aromatic carbocycles. The molecule has 1 aliphatic heterocycles. The van der Waals surface area contributed by atoms with E-state index in [-0.39, 0.29) is 18.8 Å². The minimum Gasteiger partial charge on any atom is -0.508 e. The van der Waals surface area contributed by atoms with Crippen LogP contribution in [0.25, 0.3) is 0 Å². The Hall–Kier alpha value is -2.24. The van der Waals surface area contributed by atoms with Crippen LogP contribution in [0.15, 0.2) is 24.3 Å². The molecule has 1 saturated heterocycles. The molecule has 6 heteroatoms. The summed E-state index contributed by atoms with van der Waals surface area (Å²) >= 11 is 0. The van der Waals surface area contributed by atoms with E-state index in [2.05, 4.69) is 4.74 Å². The number of rotatable bonds is 3. The number of aliphatic carboxylic acids is 1. The van der Waals surface area contributed by atoms with Gasteiger partial charge < -0.3 is 14.9 Å². The fourth-order valence-electron chi connectivity index (χ4n) is 1.59. The topological polar surface area (TPSA) is 87.1 Å². The normalized spacial score (nSPS) is 19.2. The van der Waals surface area contributed by atoms with E-state index in [1.807, 2.05) is 0 Å². The number of cyclic esters (lactones) is 1. The summed E-state index contributed by atoms with van der Waals surface area (Å²) in [7, 11) is 0. The van der Waals surface area contributed by atoms with Gasteiger partial charge in [-0.15, -0.1) is 0 Å². The van der Waals surface area contributed by atoms with Crippen molar-refractivity contribution in [3.8, 4) is 5.75 Å². The number of carbonyl (C=O) groups excluding carboxylic acids is 1. The zero-order valence-corrected chi connectivity index (χ0v) is 8.87. The Labute approximate surface area is 97.0 Å². The molecule has 0 unspecified atom stereocenters. The van der Waals surface area contributed by atoms with Gasteiger partial charge in [0.1, 0.15) is 5.75 Å². The van der Waals surface area contributed by atoms with Crippen LogP contribution in [0.1, 0.15) is 5.56 Å². The molecule has 6 nitrogen and oxygen atoms in total. The lowest BCUT2D eigenvalue weighted by Crippen LogP contribution is -2.27. The van der Waals surface area contributed by atoms with Crippen LogP contribution in [0.3, 0.4) is 0 Å². The van der Waals surface area contributed by atoms with Gasteiger partial charge in [-0.1, -0.05) is 12.1 Å². The van der Waals surface area contributed by atoms with Gasteiger partial charge in [0.25, 0.3) is 0 Å². The van der Waals surface area contributed by atoms with Crippen LogP contribution in [0.2, 0.25) is 0 Å². The highest BCUT2D eigenvalue weighted by Gasteiger charge is 2.35. The van der Waals surface area contributed by atoms with E-state index in [9.17, 15) is 9.59 Å². The van der Waals surface area contributed by atoms with Crippen molar-refractivity contribution in [3.63, 3.8) is 0 Å². The van der Waals surface area contributed by atoms with E-state index in [1.54, 1.807) is 12.1 Å². The first kappa shape index (κ1) is 11.3. The van der Waals surface area contributed by atoms with Gasteiger partial charge in [0.15, 0.2) is 0 Å². The van der Waals surface area contributed by atoms with Crippen molar-refractivity contribution in [1.29, 1.82) is 0 Å². The van der Waals surface area contributed by atoms with Crippen molar-refractivity contribution >= 4 is 12.1 Å². The predicted molar refractivity (Wildman–Crippen MR) is 56.4 cm³/mol. The highest BCUT2D eigenvalue weighted by Crippen LogP contribution is 2.17. The largest absolute Gasteiger partial charge is 0.508 e. The average Bonchev–Trinajstić information content (AvgIpc) is 2.64. The first-order valence-electron chi connectivity index (χ1n) is 5.02. The highest BCUT2D eigenvalue weighted by molar-refractivity contribution is 5.81. The second-order valence-electron chi connectivity index (χ2n) is 3.76. The Morgan fingerprint density at radius 1 is 1.41 bits per heavy atom. The molecule has 0 aliphatic carbocycles. The van der Waals surface area contributed by atoms with Gasteiger partial charge in [0, 0.05) is 6.54 Å². The van der Waals surface area contributed by atoms with Gasteiger partial charge in [-0.25, -0.2) is 9.59 Å². The van der Waals surface area contributed by atoms with Crippen LogP contribution in [-0.2, 0) is 16.1 Å². The van der Waals surface area contributed by atoms with E-state index < -0.39 is 18.2 Å². The van der Waals surface area contributed by atoms with Crippen LogP contribution >= 0.6 is 0 Å². The molecule has 0 spiro atoms. The maximum Gasteiger partial charge on any atom is 0.411 e. The van der Waals surface area contributed by atoms with Gasteiger partial charge in [0.05, 0.1) is 6.54 Å². The molecule has 1 aliphatic rings. The minimum absolute atomic E-state index is 0.0367. The lowest BCUT2D eigenvalue weighted by Gasteiger charge is -2.12. The zero-order valence-electron chi connectivity index (χ0n) is 8.87. The van der Waals surface area contributed by atoms with Crippen molar-refractivity contribution in [2.45, 2.75) is 12.6 Å². The first-order chi connectivity index (χ1) is 8.06. The van der Waals surface area contributed by atoms with E-state index in [0.717, 1.165) is 5.56 Å². The Kier molecular flexibility index (Phi) is 2.86. The number of carbonyl (C=O) groups is 2. The molecule has 2 N–H and O–H groups in total. The molecular weight excluding hydrogens is 226 g/mol. The summed E-state index contributed by atoms with van der Waals surface area (Å²) in [6.07, 6.45) is -1.73. The molecule has 1 atom stereocenters. The van der Waals surface area contributed by atoms with Crippen molar-refractivity contribution in [2.24, 2.45) is 0 Å². The van der Waals surface area contributed by atoms with Crippen LogP contribution in [0.4, 0.5) is 4.79 Å². The lowest BCUT2D eigenvalue weighted by molar-refractivity contribution is -0.144. The molecule has 1 aromatic rings. The quantitative estimate of drug-likeness (QED) is 0.811. The molecule has 0 radical (unpaired) electrons. The van der Waals surface area contributed by atoms with Gasteiger partial charge in [-0.3, -0.25) is 4.90 Å². The summed E-state index contributed by atoms with van der Waals surface area (Å²) in [6.45, 7) is 0.304. The third kappa shape index (κ3) is 2.47. The molecule has 1 heterocycles. The van der Waals surface area contributed by atoms with Crippen molar-refractivity contribution in [1.82, 2.24) is 4.90 Å². The Morgan fingerprint density at radius 3 is 2.59 bits per heavy atom. The average molecular weight is 237 g/mol. The van der Waals surface area contributed by atoms with E-state index in [1.165, 1.54) is 17.0 Å². The smallest absolute Gasteiger partial charge is 0.411 e.